The molecule has 0 saturated heterocycles. The zero-order valence-electron chi connectivity index (χ0n) is 17.8. The van der Waals surface area contributed by atoms with Crippen LogP contribution in [0.3, 0.4) is 0 Å². The topological polar surface area (TPSA) is 67.8 Å². The van der Waals surface area contributed by atoms with E-state index < -0.39 is 0 Å². The molecule has 4 rings (SSSR count). The molecule has 0 radical (unpaired) electrons. The Balaban J connectivity index is 0.00000289. The number of thiazole rings is 1. The molecule has 2 aromatic carbocycles. The Bertz CT molecular complexity index is 1060. The van der Waals surface area contributed by atoms with Gasteiger partial charge in [0.15, 0.2) is 17.5 Å². The standard InChI is InChI=1S/C23H25FN4O2S.HI/c1-16-22(31-15-27-16)14-26-23(25-10-9-17-5-2-3-6-19(17)24)28-18-7-8-20-21(13-18)30-12-4-11-29-20;/h2-3,5-8,13,15H,4,9-12,14H2,1H3,(H2,25,26,28);1H. The van der Waals surface area contributed by atoms with Gasteiger partial charge in [-0.15, -0.1) is 35.3 Å². The van der Waals surface area contributed by atoms with Crippen molar-refractivity contribution in [3.63, 3.8) is 0 Å². The van der Waals surface area contributed by atoms with Crippen molar-refractivity contribution >= 4 is 47.0 Å². The van der Waals surface area contributed by atoms with Gasteiger partial charge in [0.1, 0.15) is 5.82 Å². The number of benzene rings is 2. The number of aromatic nitrogens is 1. The van der Waals surface area contributed by atoms with E-state index in [9.17, 15) is 4.39 Å². The summed E-state index contributed by atoms with van der Waals surface area (Å²) in [5.74, 6) is 1.87. The number of aliphatic imine (C=N–C) groups is 1. The highest BCUT2D eigenvalue weighted by atomic mass is 127. The first-order valence-corrected chi connectivity index (χ1v) is 11.1. The molecule has 32 heavy (non-hydrogen) atoms. The number of hydrogen-bond donors (Lipinski definition) is 2. The van der Waals surface area contributed by atoms with Gasteiger partial charge in [0.2, 0.25) is 0 Å². The van der Waals surface area contributed by atoms with Gasteiger partial charge in [-0.2, -0.15) is 0 Å². The summed E-state index contributed by atoms with van der Waals surface area (Å²) in [6.45, 7) is 4.31. The molecular weight excluding hydrogens is 542 g/mol. The second-order valence-corrected chi connectivity index (χ2v) is 8.07. The van der Waals surface area contributed by atoms with Crippen LogP contribution < -0.4 is 20.1 Å². The van der Waals surface area contributed by atoms with Crippen LogP contribution in [0.5, 0.6) is 11.5 Å². The molecule has 6 nitrogen and oxygen atoms in total. The molecule has 1 aromatic heterocycles. The maximum absolute atomic E-state index is 13.9. The van der Waals surface area contributed by atoms with Crippen molar-refractivity contribution in [2.24, 2.45) is 4.99 Å². The Labute approximate surface area is 208 Å². The highest BCUT2D eigenvalue weighted by molar-refractivity contribution is 14.0. The average molecular weight is 568 g/mol. The first kappa shape index (κ1) is 24.2. The van der Waals surface area contributed by atoms with Crippen molar-refractivity contribution in [1.29, 1.82) is 0 Å². The van der Waals surface area contributed by atoms with Gasteiger partial charge >= 0.3 is 0 Å². The molecular formula is C23H26FIN4O2S. The van der Waals surface area contributed by atoms with E-state index in [4.69, 9.17) is 14.5 Å². The fourth-order valence-electron chi connectivity index (χ4n) is 3.16. The Morgan fingerprint density at radius 1 is 1.16 bits per heavy atom. The lowest BCUT2D eigenvalue weighted by Crippen LogP contribution is -2.32. The molecule has 0 atom stereocenters. The molecule has 9 heteroatoms. The summed E-state index contributed by atoms with van der Waals surface area (Å²) >= 11 is 1.58. The van der Waals surface area contributed by atoms with Crippen molar-refractivity contribution < 1.29 is 13.9 Å². The third-order valence-corrected chi connectivity index (χ3v) is 5.80. The monoisotopic (exact) mass is 568 g/mol. The maximum atomic E-state index is 13.9. The van der Waals surface area contributed by atoms with Crippen molar-refractivity contribution in [2.75, 3.05) is 25.1 Å². The molecule has 3 aromatic rings. The Kier molecular flexibility index (Phi) is 9.10. The smallest absolute Gasteiger partial charge is 0.196 e. The highest BCUT2D eigenvalue weighted by Gasteiger charge is 2.12. The van der Waals surface area contributed by atoms with Gasteiger partial charge in [-0.3, -0.25) is 0 Å². The van der Waals surface area contributed by atoms with Crippen LogP contribution in [0.2, 0.25) is 0 Å². The minimum atomic E-state index is -0.195. The average Bonchev–Trinajstić information content (AvgIpc) is 3.04. The molecule has 2 heterocycles. The molecule has 0 unspecified atom stereocenters. The molecule has 0 saturated carbocycles. The van der Waals surface area contributed by atoms with Gasteiger partial charge in [0.25, 0.3) is 0 Å². The van der Waals surface area contributed by atoms with E-state index in [1.165, 1.54) is 6.07 Å². The highest BCUT2D eigenvalue weighted by Crippen LogP contribution is 2.32. The van der Waals surface area contributed by atoms with Gasteiger partial charge in [0, 0.05) is 29.6 Å². The third-order valence-electron chi connectivity index (χ3n) is 4.88. The van der Waals surface area contributed by atoms with E-state index in [0.717, 1.165) is 28.4 Å². The summed E-state index contributed by atoms with van der Waals surface area (Å²) < 4.78 is 25.4. The van der Waals surface area contributed by atoms with Gasteiger partial charge in [-0.05, 0) is 37.1 Å². The first-order valence-electron chi connectivity index (χ1n) is 10.3. The number of fused-ring (bicyclic) bond motifs is 1. The van der Waals surface area contributed by atoms with Crippen LogP contribution in [0, 0.1) is 12.7 Å². The summed E-state index contributed by atoms with van der Waals surface area (Å²) in [6.07, 6.45) is 1.41. The lowest BCUT2D eigenvalue weighted by Gasteiger charge is -2.15. The van der Waals surface area contributed by atoms with Crippen molar-refractivity contribution in [1.82, 2.24) is 10.3 Å². The lowest BCUT2D eigenvalue weighted by atomic mass is 10.1. The predicted molar refractivity (Wildman–Crippen MR) is 137 cm³/mol. The van der Waals surface area contributed by atoms with E-state index in [-0.39, 0.29) is 29.8 Å². The molecule has 0 amide bonds. The fraction of sp³-hybridized carbons (Fsp3) is 0.304. The second kappa shape index (κ2) is 12.0. The Morgan fingerprint density at radius 3 is 2.75 bits per heavy atom. The minimum absolute atomic E-state index is 0. The van der Waals surface area contributed by atoms with E-state index in [1.54, 1.807) is 23.5 Å². The second-order valence-electron chi connectivity index (χ2n) is 7.13. The predicted octanol–water partition coefficient (Wildman–Crippen LogP) is 5.17. The summed E-state index contributed by atoms with van der Waals surface area (Å²) in [7, 11) is 0. The lowest BCUT2D eigenvalue weighted by molar-refractivity contribution is 0.297. The Morgan fingerprint density at radius 2 is 1.97 bits per heavy atom. The van der Waals surface area contributed by atoms with Crippen molar-refractivity contribution in [3.05, 3.63) is 69.9 Å². The summed E-state index contributed by atoms with van der Waals surface area (Å²) in [5, 5.41) is 6.63. The van der Waals surface area contributed by atoms with Crippen LogP contribution in [0.1, 0.15) is 22.6 Å². The maximum Gasteiger partial charge on any atom is 0.196 e. The largest absolute Gasteiger partial charge is 0.490 e. The van der Waals surface area contributed by atoms with Crippen LogP contribution in [-0.2, 0) is 13.0 Å². The quantitative estimate of drug-likeness (QED) is 0.244. The number of nitrogens with zero attached hydrogens (tertiary/aromatic N) is 2. The number of ether oxygens (including phenoxy) is 2. The molecule has 1 aliphatic rings. The van der Waals surface area contributed by atoms with Gasteiger partial charge in [-0.25, -0.2) is 14.4 Å². The molecule has 0 bridgehead atoms. The number of rotatable bonds is 6. The first-order chi connectivity index (χ1) is 15.2. The van der Waals surface area contributed by atoms with Crippen molar-refractivity contribution in [3.8, 4) is 11.5 Å². The number of nitrogens with one attached hydrogen (secondary N) is 2. The van der Waals surface area contributed by atoms with Crippen LogP contribution >= 0.6 is 35.3 Å². The normalized spacial score (nSPS) is 13.1. The number of guanidine groups is 1. The number of halogens is 2. The molecule has 1 aliphatic heterocycles. The molecule has 0 spiro atoms. The molecule has 170 valence electrons. The number of anilines is 1. The van der Waals surface area contributed by atoms with Gasteiger partial charge in [0.05, 0.1) is 31.0 Å². The van der Waals surface area contributed by atoms with Crippen LogP contribution in [0.4, 0.5) is 10.1 Å². The zero-order valence-corrected chi connectivity index (χ0v) is 20.9. The zero-order chi connectivity index (χ0) is 21.5. The van der Waals surface area contributed by atoms with Crippen LogP contribution in [0.25, 0.3) is 0 Å². The van der Waals surface area contributed by atoms with Crippen LogP contribution in [-0.4, -0.2) is 30.7 Å². The third kappa shape index (κ3) is 6.55. The molecule has 2 N–H and O–H groups in total. The Hall–Kier alpha value is -2.40. The summed E-state index contributed by atoms with van der Waals surface area (Å²) in [5.41, 5.74) is 4.31. The van der Waals surface area contributed by atoms with Gasteiger partial charge < -0.3 is 20.1 Å². The van der Waals surface area contributed by atoms with E-state index in [1.807, 2.05) is 36.7 Å². The van der Waals surface area contributed by atoms with Gasteiger partial charge in [-0.1, -0.05) is 18.2 Å². The fourth-order valence-corrected chi connectivity index (χ4v) is 3.86. The van der Waals surface area contributed by atoms with E-state index >= 15 is 0 Å². The minimum Gasteiger partial charge on any atom is -0.490 e. The van der Waals surface area contributed by atoms with Crippen molar-refractivity contribution in [2.45, 2.75) is 26.3 Å². The summed E-state index contributed by atoms with van der Waals surface area (Å²) in [4.78, 5) is 10.1. The van der Waals surface area contributed by atoms with E-state index in [2.05, 4.69) is 15.6 Å². The summed E-state index contributed by atoms with van der Waals surface area (Å²) in [6, 6.07) is 12.6. The van der Waals surface area contributed by atoms with E-state index in [0.29, 0.717) is 50.0 Å². The molecule has 0 fully saturated rings. The SMILES string of the molecule is Cc1ncsc1CN=C(NCCc1ccccc1F)Nc1ccc2c(c1)OCCCO2.I. The number of hydrogen-bond acceptors (Lipinski definition) is 5. The molecule has 0 aliphatic carbocycles. The number of aryl methyl sites for hydroxylation is 1. The van der Waals surface area contributed by atoms with Crippen LogP contribution in [0.15, 0.2) is 53.0 Å².